The van der Waals surface area contributed by atoms with E-state index in [-0.39, 0.29) is 6.04 Å². The number of aromatic hydroxyl groups is 1. The summed E-state index contributed by atoms with van der Waals surface area (Å²) < 4.78 is 0. The van der Waals surface area contributed by atoms with Gasteiger partial charge in [-0.15, -0.1) is 0 Å². The Kier molecular flexibility index (Phi) is 3.87. The molecule has 1 aliphatic rings. The molecular formula is C19H23NO. The van der Waals surface area contributed by atoms with Gasteiger partial charge in [-0.1, -0.05) is 24.3 Å². The molecule has 1 unspecified atom stereocenters. The Morgan fingerprint density at radius 3 is 2.71 bits per heavy atom. The average Bonchev–Trinajstić information content (AvgIpc) is 2.47. The predicted molar refractivity (Wildman–Crippen MR) is 88.0 cm³/mol. The third-order valence-electron chi connectivity index (χ3n) is 4.42. The fourth-order valence-corrected chi connectivity index (χ4v) is 3.25. The first-order valence-corrected chi connectivity index (χ1v) is 7.82. The number of fused-ring (bicyclic) bond motifs is 1. The van der Waals surface area contributed by atoms with E-state index >= 15 is 0 Å². The van der Waals surface area contributed by atoms with Crippen molar-refractivity contribution in [2.24, 2.45) is 0 Å². The van der Waals surface area contributed by atoms with E-state index in [4.69, 9.17) is 0 Å². The Morgan fingerprint density at radius 1 is 1.10 bits per heavy atom. The van der Waals surface area contributed by atoms with E-state index in [1.54, 1.807) is 0 Å². The standard InChI is InChI=1S/C19H23NO/c1-13-10-11-16(19(21)12-13)14(2)20-18-9-5-7-15-6-3-4-8-17(15)18/h5,7,9-12,14,20-21H,3-4,6,8H2,1-2H3. The van der Waals surface area contributed by atoms with Crippen LogP contribution in [0.15, 0.2) is 36.4 Å². The van der Waals surface area contributed by atoms with E-state index in [9.17, 15) is 5.11 Å². The molecule has 0 radical (unpaired) electrons. The van der Waals surface area contributed by atoms with Gasteiger partial charge in [-0.05, 0) is 68.4 Å². The van der Waals surface area contributed by atoms with Crippen LogP contribution in [0.1, 0.15) is 48.1 Å². The average molecular weight is 281 g/mol. The first-order valence-electron chi connectivity index (χ1n) is 7.82. The molecule has 0 aromatic heterocycles. The molecule has 110 valence electrons. The molecule has 0 bridgehead atoms. The van der Waals surface area contributed by atoms with Crippen molar-refractivity contribution < 1.29 is 5.11 Å². The van der Waals surface area contributed by atoms with Crippen LogP contribution in [0.25, 0.3) is 0 Å². The summed E-state index contributed by atoms with van der Waals surface area (Å²) in [7, 11) is 0. The molecule has 2 nitrogen and oxygen atoms in total. The maximum atomic E-state index is 10.1. The van der Waals surface area contributed by atoms with E-state index in [0.717, 1.165) is 17.5 Å². The Labute approximate surface area is 126 Å². The molecule has 2 aromatic rings. The lowest BCUT2D eigenvalue weighted by Crippen LogP contribution is -2.12. The molecule has 2 aromatic carbocycles. The number of rotatable bonds is 3. The minimum Gasteiger partial charge on any atom is -0.508 e. The summed E-state index contributed by atoms with van der Waals surface area (Å²) >= 11 is 0. The summed E-state index contributed by atoms with van der Waals surface area (Å²) in [5, 5.41) is 13.7. The van der Waals surface area contributed by atoms with Crippen molar-refractivity contribution in [1.29, 1.82) is 0 Å². The van der Waals surface area contributed by atoms with E-state index < -0.39 is 0 Å². The van der Waals surface area contributed by atoms with Crippen LogP contribution in [0.4, 0.5) is 5.69 Å². The molecule has 2 N–H and O–H groups in total. The summed E-state index contributed by atoms with van der Waals surface area (Å²) in [5.41, 5.74) is 6.20. The SMILES string of the molecule is Cc1ccc(C(C)Nc2cccc3c2CCCC3)c(O)c1. The van der Waals surface area contributed by atoms with Crippen molar-refractivity contribution >= 4 is 5.69 Å². The normalized spacial score (nSPS) is 15.3. The summed E-state index contributed by atoms with van der Waals surface area (Å²) in [6, 6.07) is 12.5. The molecule has 0 heterocycles. The second kappa shape index (κ2) is 5.80. The zero-order valence-electron chi connectivity index (χ0n) is 12.8. The van der Waals surface area contributed by atoms with Gasteiger partial charge in [-0.25, -0.2) is 0 Å². The highest BCUT2D eigenvalue weighted by Crippen LogP contribution is 2.32. The first-order chi connectivity index (χ1) is 10.1. The van der Waals surface area contributed by atoms with Crippen molar-refractivity contribution in [1.82, 2.24) is 0 Å². The number of benzene rings is 2. The highest BCUT2D eigenvalue weighted by Gasteiger charge is 2.16. The quantitative estimate of drug-likeness (QED) is 0.850. The van der Waals surface area contributed by atoms with Crippen LogP contribution in [0.3, 0.4) is 0 Å². The number of nitrogens with one attached hydrogen (secondary N) is 1. The van der Waals surface area contributed by atoms with Crippen LogP contribution < -0.4 is 5.32 Å². The van der Waals surface area contributed by atoms with Crippen LogP contribution in [0.2, 0.25) is 0 Å². The third kappa shape index (κ3) is 2.90. The van der Waals surface area contributed by atoms with Gasteiger partial charge >= 0.3 is 0 Å². The van der Waals surface area contributed by atoms with Crippen molar-refractivity contribution in [2.75, 3.05) is 5.32 Å². The summed E-state index contributed by atoms with van der Waals surface area (Å²) in [5.74, 6) is 0.375. The van der Waals surface area contributed by atoms with Gasteiger partial charge in [0.05, 0.1) is 6.04 Å². The molecule has 1 atom stereocenters. The van der Waals surface area contributed by atoms with Crippen molar-refractivity contribution in [2.45, 2.75) is 45.6 Å². The Bertz CT molecular complexity index is 648. The summed E-state index contributed by atoms with van der Waals surface area (Å²) in [6.45, 7) is 4.10. The largest absolute Gasteiger partial charge is 0.508 e. The van der Waals surface area contributed by atoms with Crippen molar-refractivity contribution in [3.8, 4) is 5.75 Å². The van der Waals surface area contributed by atoms with Gasteiger partial charge < -0.3 is 10.4 Å². The number of anilines is 1. The monoisotopic (exact) mass is 281 g/mol. The Morgan fingerprint density at radius 2 is 1.90 bits per heavy atom. The van der Waals surface area contributed by atoms with Crippen LogP contribution in [0.5, 0.6) is 5.75 Å². The zero-order valence-corrected chi connectivity index (χ0v) is 12.8. The lowest BCUT2D eigenvalue weighted by molar-refractivity contribution is 0.465. The van der Waals surface area contributed by atoms with Crippen LogP contribution in [-0.2, 0) is 12.8 Å². The molecule has 3 rings (SSSR count). The topological polar surface area (TPSA) is 32.3 Å². The zero-order chi connectivity index (χ0) is 14.8. The molecule has 0 amide bonds. The van der Waals surface area contributed by atoms with Crippen LogP contribution in [0, 0.1) is 6.92 Å². The maximum Gasteiger partial charge on any atom is 0.121 e. The molecule has 1 aliphatic carbocycles. The predicted octanol–water partition coefficient (Wildman–Crippen LogP) is 4.75. The van der Waals surface area contributed by atoms with Gasteiger partial charge in [0.25, 0.3) is 0 Å². The van der Waals surface area contributed by atoms with Crippen molar-refractivity contribution in [3.63, 3.8) is 0 Å². The maximum absolute atomic E-state index is 10.1. The van der Waals surface area contributed by atoms with E-state index in [1.807, 2.05) is 25.1 Å². The number of phenols is 1. The Balaban J connectivity index is 1.86. The smallest absolute Gasteiger partial charge is 0.121 e. The van der Waals surface area contributed by atoms with Gasteiger partial charge in [0, 0.05) is 11.3 Å². The molecular weight excluding hydrogens is 258 g/mol. The van der Waals surface area contributed by atoms with Crippen molar-refractivity contribution in [3.05, 3.63) is 58.7 Å². The molecule has 0 saturated carbocycles. The fraction of sp³-hybridized carbons (Fsp3) is 0.368. The lowest BCUT2D eigenvalue weighted by Gasteiger charge is -2.23. The van der Waals surface area contributed by atoms with Gasteiger partial charge in [0.15, 0.2) is 0 Å². The summed E-state index contributed by atoms with van der Waals surface area (Å²) in [6.07, 6.45) is 4.92. The van der Waals surface area contributed by atoms with Gasteiger partial charge in [-0.3, -0.25) is 0 Å². The minimum absolute atomic E-state index is 0.0963. The van der Waals surface area contributed by atoms with Gasteiger partial charge in [0.1, 0.15) is 5.75 Å². The van der Waals surface area contributed by atoms with Gasteiger partial charge in [-0.2, -0.15) is 0 Å². The highest BCUT2D eigenvalue weighted by atomic mass is 16.3. The lowest BCUT2D eigenvalue weighted by atomic mass is 9.90. The second-order valence-corrected chi connectivity index (χ2v) is 6.08. The van der Waals surface area contributed by atoms with Crippen LogP contribution >= 0.6 is 0 Å². The molecule has 0 fully saturated rings. The number of hydrogen-bond donors (Lipinski definition) is 2. The van der Waals surface area contributed by atoms with E-state index in [2.05, 4.69) is 30.4 Å². The Hall–Kier alpha value is -1.96. The highest BCUT2D eigenvalue weighted by molar-refractivity contribution is 5.57. The number of aryl methyl sites for hydroxylation is 2. The van der Waals surface area contributed by atoms with E-state index in [0.29, 0.717) is 5.75 Å². The van der Waals surface area contributed by atoms with Gasteiger partial charge in [0.2, 0.25) is 0 Å². The summed E-state index contributed by atoms with van der Waals surface area (Å²) in [4.78, 5) is 0. The fourth-order valence-electron chi connectivity index (χ4n) is 3.25. The molecule has 2 heteroatoms. The minimum atomic E-state index is 0.0963. The molecule has 0 spiro atoms. The van der Waals surface area contributed by atoms with Crippen LogP contribution in [-0.4, -0.2) is 5.11 Å². The number of phenolic OH excluding ortho intramolecular Hbond substituents is 1. The number of hydrogen-bond acceptors (Lipinski definition) is 2. The molecule has 0 saturated heterocycles. The van der Waals surface area contributed by atoms with E-state index in [1.165, 1.54) is 36.1 Å². The molecule has 21 heavy (non-hydrogen) atoms. The third-order valence-corrected chi connectivity index (χ3v) is 4.42. The first kappa shape index (κ1) is 14.0. The molecule has 0 aliphatic heterocycles. The second-order valence-electron chi connectivity index (χ2n) is 6.08.